The van der Waals surface area contributed by atoms with Gasteiger partial charge in [-0.1, -0.05) is 23.7 Å². The van der Waals surface area contributed by atoms with E-state index in [0.717, 1.165) is 0 Å². The molecule has 0 unspecified atom stereocenters. The van der Waals surface area contributed by atoms with Crippen LogP contribution in [0.2, 0.25) is 5.02 Å². The van der Waals surface area contributed by atoms with Crippen molar-refractivity contribution in [1.82, 2.24) is 4.98 Å². The van der Waals surface area contributed by atoms with Crippen molar-refractivity contribution in [2.24, 2.45) is 0 Å². The van der Waals surface area contributed by atoms with Gasteiger partial charge < -0.3 is 4.42 Å². The molecule has 0 bridgehead atoms. The minimum atomic E-state index is 0.264. The van der Waals surface area contributed by atoms with Crippen LogP contribution in [-0.4, -0.2) is 11.3 Å². The first kappa shape index (κ1) is 8.97. The SMILES string of the molecule is O=Cc1coc(-c2ccccc2Cl)n1. The van der Waals surface area contributed by atoms with Crippen LogP contribution in [0.4, 0.5) is 0 Å². The van der Waals surface area contributed by atoms with Gasteiger partial charge in [0.2, 0.25) is 5.89 Å². The Hall–Kier alpha value is -1.61. The Kier molecular flexibility index (Phi) is 2.33. The lowest BCUT2D eigenvalue weighted by molar-refractivity contribution is 0.111. The Labute approximate surface area is 85.3 Å². The number of carbonyl (C=O) groups is 1. The summed E-state index contributed by atoms with van der Waals surface area (Å²) in [4.78, 5) is 14.3. The molecule has 0 saturated heterocycles. The fraction of sp³-hybridized carbons (Fsp3) is 0. The van der Waals surface area contributed by atoms with Gasteiger partial charge in [0.1, 0.15) is 12.0 Å². The van der Waals surface area contributed by atoms with Crippen LogP contribution in [0, 0.1) is 0 Å². The Balaban J connectivity index is 2.49. The van der Waals surface area contributed by atoms with Crippen LogP contribution >= 0.6 is 11.6 Å². The summed E-state index contributed by atoms with van der Waals surface area (Å²) >= 11 is 5.92. The molecular formula is C10H6ClNO2. The number of aromatic nitrogens is 1. The van der Waals surface area contributed by atoms with Crippen molar-refractivity contribution in [3.05, 3.63) is 41.2 Å². The molecule has 0 saturated carbocycles. The molecular weight excluding hydrogens is 202 g/mol. The second-order valence-corrected chi connectivity index (χ2v) is 3.08. The van der Waals surface area contributed by atoms with Gasteiger partial charge in [-0.25, -0.2) is 4.98 Å². The van der Waals surface area contributed by atoms with E-state index in [1.54, 1.807) is 12.1 Å². The maximum atomic E-state index is 10.4. The van der Waals surface area contributed by atoms with Crippen molar-refractivity contribution in [2.45, 2.75) is 0 Å². The number of benzene rings is 1. The number of carbonyl (C=O) groups excluding carboxylic acids is 1. The molecule has 14 heavy (non-hydrogen) atoms. The second-order valence-electron chi connectivity index (χ2n) is 2.68. The highest BCUT2D eigenvalue weighted by Gasteiger charge is 2.08. The van der Waals surface area contributed by atoms with Crippen molar-refractivity contribution in [1.29, 1.82) is 0 Å². The smallest absolute Gasteiger partial charge is 0.228 e. The summed E-state index contributed by atoms with van der Waals surface area (Å²) in [7, 11) is 0. The zero-order valence-corrected chi connectivity index (χ0v) is 7.86. The fourth-order valence-electron chi connectivity index (χ4n) is 1.10. The number of oxazole rings is 1. The van der Waals surface area contributed by atoms with E-state index in [1.807, 2.05) is 12.1 Å². The third-order valence-corrected chi connectivity index (χ3v) is 2.08. The van der Waals surface area contributed by atoms with Crippen molar-refractivity contribution in [3.63, 3.8) is 0 Å². The molecule has 0 aliphatic heterocycles. The molecule has 4 heteroatoms. The first-order valence-corrected chi connectivity index (χ1v) is 4.34. The molecule has 2 aromatic rings. The summed E-state index contributed by atoms with van der Waals surface area (Å²) < 4.78 is 5.10. The number of nitrogens with zero attached hydrogens (tertiary/aromatic N) is 1. The summed E-state index contributed by atoms with van der Waals surface area (Å²) in [6.07, 6.45) is 1.93. The van der Waals surface area contributed by atoms with Crippen molar-refractivity contribution in [3.8, 4) is 11.5 Å². The number of rotatable bonds is 2. The molecule has 1 aromatic heterocycles. The Bertz CT molecular complexity index is 465. The predicted molar refractivity (Wildman–Crippen MR) is 52.3 cm³/mol. The van der Waals surface area contributed by atoms with Crippen LogP contribution in [0.15, 0.2) is 34.9 Å². The zero-order chi connectivity index (χ0) is 9.97. The highest BCUT2D eigenvalue weighted by atomic mass is 35.5. The Morgan fingerprint density at radius 3 is 2.79 bits per heavy atom. The topological polar surface area (TPSA) is 43.1 Å². The van der Waals surface area contributed by atoms with Gasteiger partial charge in [0.05, 0.1) is 10.6 Å². The standard InChI is InChI=1S/C10H6ClNO2/c11-9-4-2-1-3-8(9)10-12-7(5-13)6-14-10/h1-6H. The van der Waals surface area contributed by atoms with Gasteiger partial charge in [-0.15, -0.1) is 0 Å². The van der Waals surface area contributed by atoms with Crippen molar-refractivity contribution in [2.75, 3.05) is 0 Å². The van der Waals surface area contributed by atoms with E-state index in [9.17, 15) is 4.79 Å². The van der Waals surface area contributed by atoms with Crippen LogP contribution in [0.1, 0.15) is 10.5 Å². The van der Waals surface area contributed by atoms with Crippen LogP contribution in [-0.2, 0) is 0 Å². The van der Waals surface area contributed by atoms with E-state index in [4.69, 9.17) is 16.0 Å². The van der Waals surface area contributed by atoms with E-state index in [2.05, 4.69) is 4.98 Å². The number of aldehydes is 1. The molecule has 0 atom stereocenters. The largest absolute Gasteiger partial charge is 0.444 e. The molecule has 0 N–H and O–H groups in total. The minimum Gasteiger partial charge on any atom is -0.444 e. The number of hydrogen-bond donors (Lipinski definition) is 0. The summed E-state index contributed by atoms with van der Waals surface area (Å²) in [6.45, 7) is 0. The molecule has 0 amide bonds. The highest BCUT2D eigenvalue weighted by Crippen LogP contribution is 2.26. The fourth-order valence-corrected chi connectivity index (χ4v) is 1.32. The lowest BCUT2D eigenvalue weighted by atomic mass is 10.2. The van der Waals surface area contributed by atoms with Crippen molar-refractivity contribution < 1.29 is 9.21 Å². The van der Waals surface area contributed by atoms with E-state index >= 15 is 0 Å². The van der Waals surface area contributed by atoms with Gasteiger partial charge >= 0.3 is 0 Å². The number of halogens is 1. The third kappa shape index (κ3) is 1.54. The van der Waals surface area contributed by atoms with Crippen molar-refractivity contribution >= 4 is 17.9 Å². The van der Waals surface area contributed by atoms with E-state index in [0.29, 0.717) is 22.8 Å². The summed E-state index contributed by atoms with van der Waals surface area (Å²) in [6, 6.07) is 7.16. The molecule has 1 aromatic carbocycles. The molecule has 70 valence electrons. The third-order valence-electron chi connectivity index (χ3n) is 1.75. The van der Waals surface area contributed by atoms with Gasteiger partial charge in [-0.3, -0.25) is 4.79 Å². The first-order valence-electron chi connectivity index (χ1n) is 3.97. The number of hydrogen-bond acceptors (Lipinski definition) is 3. The zero-order valence-electron chi connectivity index (χ0n) is 7.11. The van der Waals surface area contributed by atoms with E-state index in [-0.39, 0.29) is 5.69 Å². The second kappa shape index (κ2) is 3.64. The average molecular weight is 208 g/mol. The minimum absolute atomic E-state index is 0.264. The molecule has 0 radical (unpaired) electrons. The van der Waals surface area contributed by atoms with Crippen LogP contribution in [0.3, 0.4) is 0 Å². The van der Waals surface area contributed by atoms with Gasteiger partial charge in [0.25, 0.3) is 0 Å². The quantitative estimate of drug-likeness (QED) is 0.712. The summed E-state index contributed by atoms with van der Waals surface area (Å²) in [5.74, 6) is 0.359. The monoisotopic (exact) mass is 207 g/mol. The van der Waals surface area contributed by atoms with Gasteiger partial charge in [0.15, 0.2) is 6.29 Å². The Morgan fingerprint density at radius 2 is 2.14 bits per heavy atom. The first-order chi connectivity index (χ1) is 6.81. The maximum absolute atomic E-state index is 10.4. The van der Waals surface area contributed by atoms with E-state index in [1.165, 1.54) is 6.26 Å². The van der Waals surface area contributed by atoms with Crippen LogP contribution in [0.25, 0.3) is 11.5 Å². The molecule has 0 aliphatic carbocycles. The Morgan fingerprint density at radius 1 is 1.36 bits per heavy atom. The molecule has 0 aliphatic rings. The molecule has 3 nitrogen and oxygen atoms in total. The van der Waals surface area contributed by atoms with Gasteiger partial charge in [-0.2, -0.15) is 0 Å². The van der Waals surface area contributed by atoms with Gasteiger partial charge in [-0.05, 0) is 12.1 Å². The van der Waals surface area contributed by atoms with E-state index < -0.39 is 0 Å². The normalized spacial score (nSPS) is 10.1. The summed E-state index contributed by atoms with van der Waals surface area (Å²) in [5.41, 5.74) is 0.946. The molecule has 2 rings (SSSR count). The lowest BCUT2D eigenvalue weighted by Crippen LogP contribution is -1.81. The van der Waals surface area contributed by atoms with Crippen LogP contribution in [0.5, 0.6) is 0 Å². The summed E-state index contributed by atoms with van der Waals surface area (Å²) in [5, 5.41) is 0.548. The lowest BCUT2D eigenvalue weighted by Gasteiger charge is -1.96. The maximum Gasteiger partial charge on any atom is 0.228 e. The average Bonchev–Trinajstić information content (AvgIpc) is 2.67. The molecule has 0 fully saturated rings. The molecule has 1 heterocycles. The van der Waals surface area contributed by atoms with Gasteiger partial charge in [0, 0.05) is 0 Å². The highest BCUT2D eigenvalue weighted by molar-refractivity contribution is 6.33. The van der Waals surface area contributed by atoms with Crippen LogP contribution < -0.4 is 0 Å². The molecule has 0 spiro atoms. The predicted octanol–water partition coefficient (Wildman–Crippen LogP) is 2.81.